The molecule has 8 nitrogen and oxygen atoms in total. The molecule has 0 aliphatic carbocycles. The van der Waals surface area contributed by atoms with Gasteiger partial charge in [0.2, 0.25) is 0 Å². The minimum absolute atomic E-state index is 0.0521. The first-order valence-electron chi connectivity index (χ1n) is 7.77. The Labute approximate surface area is 150 Å². The number of ether oxygens (including phenoxy) is 1. The van der Waals surface area contributed by atoms with Crippen LogP contribution in [0, 0.1) is 17.0 Å². The average molecular weight is 357 g/mol. The maximum atomic E-state index is 12.1. The second kappa shape index (κ2) is 8.11. The van der Waals surface area contributed by atoms with E-state index in [9.17, 15) is 19.7 Å². The molecule has 0 saturated carbocycles. The van der Waals surface area contributed by atoms with E-state index >= 15 is 0 Å². The van der Waals surface area contributed by atoms with E-state index in [0.29, 0.717) is 11.1 Å². The lowest BCUT2D eigenvalue weighted by Gasteiger charge is -2.13. The summed E-state index contributed by atoms with van der Waals surface area (Å²) in [7, 11) is 3.68. The van der Waals surface area contributed by atoms with E-state index in [4.69, 9.17) is 4.74 Å². The average Bonchev–Trinajstić information content (AvgIpc) is 2.61. The number of benzene rings is 2. The van der Waals surface area contributed by atoms with Gasteiger partial charge in [-0.05, 0) is 36.8 Å². The Morgan fingerprint density at radius 3 is 2.58 bits per heavy atom. The molecule has 0 aliphatic rings. The number of carbonyl (C=O) groups is 2. The number of esters is 1. The van der Waals surface area contributed by atoms with Crippen LogP contribution in [-0.4, -0.2) is 37.5 Å². The van der Waals surface area contributed by atoms with Crippen molar-refractivity contribution in [3.8, 4) is 0 Å². The lowest BCUT2D eigenvalue weighted by atomic mass is 10.2. The van der Waals surface area contributed by atoms with Crippen molar-refractivity contribution in [3.63, 3.8) is 0 Å². The van der Waals surface area contributed by atoms with Crippen molar-refractivity contribution in [2.24, 2.45) is 0 Å². The number of nitro benzene ring substituents is 1. The molecular weight excluding hydrogens is 338 g/mol. The molecule has 0 spiro atoms. The summed E-state index contributed by atoms with van der Waals surface area (Å²) in [6, 6.07) is 11.2. The quantitative estimate of drug-likeness (QED) is 0.484. The summed E-state index contributed by atoms with van der Waals surface area (Å²) in [6.45, 7) is 1.16. The highest BCUT2D eigenvalue weighted by Crippen LogP contribution is 2.25. The molecule has 0 fully saturated rings. The van der Waals surface area contributed by atoms with Gasteiger partial charge in [0.15, 0.2) is 6.61 Å². The van der Waals surface area contributed by atoms with E-state index in [0.717, 1.165) is 5.69 Å². The second-order valence-corrected chi connectivity index (χ2v) is 5.85. The van der Waals surface area contributed by atoms with Gasteiger partial charge < -0.3 is 15.0 Å². The molecule has 0 saturated heterocycles. The fourth-order valence-electron chi connectivity index (χ4n) is 2.21. The van der Waals surface area contributed by atoms with Crippen LogP contribution in [0.1, 0.15) is 15.9 Å². The Hall–Kier alpha value is -3.42. The van der Waals surface area contributed by atoms with Gasteiger partial charge in [-0.1, -0.05) is 12.1 Å². The number of hydrogen-bond donors (Lipinski definition) is 1. The Bertz CT molecular complexity index is 848. The molecule has 0 atom stereocenters. The fraction of sp³-hybridized carbons (Fsp3) is 0.222. The van der Waals surface area contributed by atoms with E-state index in [1.807, 2.05) is 25.1 Å². The number of amides is 1. The van der Waals surface area contributed by atoms with E-state index in [2.05, 4.69) is 5.32 Å². The van der Waals surface area contributed by atoms with Crippen molar-refractivity contribution in [3.05, 3.63) is 63.7 Å². The zero-order chi connectivity index (χ0) is 19.3. The SMILES string of the molecule is Cc1ccc(NC(=O)COC(=O)c2cccc(N(C)C)c2)c([N+](=O)[O-])c1. The summed E-state index contributed by atoms with van der Waals surface area (Å²) >= 11 is 0. The van der Waals surface area contributed by atoms with Gasteiger partial charge in [0.25, 0.3) is 11.6 Å². The molecule has 136 valence electrons. The van der Waals surface area contributed by atoms with Gasteiger partial charge in [0.1, 0.15) is 5.69 Å². The third-order valence-corrected chi connectivity index (χ3v) is 3.56. The molecule has 0 unspecified atom stereocenters. The smallest absolute Gasteiger partial charge is 0.338 e. The molecule has 2 rings (SSSR count). The maximum Gasteiger partial charge on any atom is 0.338 e. The Morgan fingerprint density at radius 2 is 1.92 bits per heavy atom. The summed E-state index contributed by atoms with van der Waals surface area (Å²) in [5.74, 6) is -1.31. The molecule has 0 heterocycles. The lowest BCUT2D eigenvalue weighted by Crippen LogP contribution is -2.21. The summed E-state index contributed by atoms with van der Waals surface area (Å²) in [6.07, 6.45) is 0. The van der Waals surface area contributed by atoms with Crippen LogP contribution in [0.2, 0.25) is 0 Å². The minimum Gasteiger partial charge on any atom is -0.452 e. The van der Waals surface area contributed by atoms with E-state index in [1.165, 1.54) is 12.1 Å². The van der Waals surface area contributed by atoms with Gasteiger partial charge in [-0.25, -0.2) is 4.79 Å². The third-order valence-electron chi connectivity index (χ3n) is 3.56. The van der Waals surface area contributed by atoms with Crippen LogP contribution in [-0.2, 0) is 9.53 Å². The van der Waals surface area contributed by atoms with E-state index in [1.54, 1.807) is 31.2 Å². The van der Waals surface area contributed by atoms with Gasteiger partial charge in [-0.3, -0.25) is 14.9 Å². The van der Waals surface area contributed by atoms with Crippen LogP contribution in [0.4, 0.5) is 17.1 Å². The highest BCUT2D eigenvalue weighted by atomic mass is 16.6. The molecule has 8 heteroatoms. The highest BCUT2D eigenvalue weighted by molar-refractivity contribution is 5.97. The van der Waals surface area contributed by atoms with Crippen LogP contribution < -0.4 is 10.2 Å². The Morgan fingerprint density at radius 1 is 1.19 bits per heavy atom. The summed E-state index contributed by atoms with van der Waals surface area (Å²) in [5, 5.41) is 13.4. The molecule has 0 aromatic heterocycles. The van der Waals surface area contributed by atoms with E-state index < -0.39 is 23.4 Å². The summed E-state index contributed by atoms with van der Waals surface area (Å²) in [4.78, 5) is 36.3. The van der Waals surface area contributed by atoms with Gasteiger partial charge in [-0.15, -0.1) is 0 Å². The molecule has 0 radical (unpaired) electrons. The van der Waals surface area contributed by atoms with Crippen molar-refractivity contribution in [1.82, 2.24) is 0 Å². The first-order valence-corrected chi connectivity index (χ1v) is 7.77. The molecule has 0 bridgehead atoms. The number of anilines is 2. The number of nitro groups is 1. The Balaban J connectivity index is 2.00. The molecule has 1 amide bonds. The topological polar surface area (TPSA) is 102 Å². The molecule has 26 heavy (non-hydrogen) atoms. The predicted octanol–water partition coefficient (Wildman–Crippen LogP) is 2.76. The van der Waals surface area contributed by atoms with Crippen molar-refractivity contribution in [2.75, 3.05) is 30.9 Å². The number of nitrogens with one attached hydrogen (secondary N) is 1. The maximum absolute atomic E-state index is 12.1. The van der Waals surface area contributed by atoms with Gasteiger partial charge in [-0.2, -0.15) is 0 Å². The highest BCUT2D eigenvalue weighted by Gasteiger charge is 2.17. The number of carbonyl (C=O) groups excluding carboxylic acids is 2. The van der Waals surface area contributed by atoms with Crippen LogP contribution in [0.3, 0.4) is 0 Å². The molecule has 2 aromatic rings. The lowest BCUT2D eigenvalue weighted by molar-refractivity contribution is -0.384. The predicted molar refractivity (Wildman–Crippen MR) is 97.5 cm³/mol. The van der Waals surface area contributed by atoms with Crippen LogP contribution >= 0.6 is 0 Å². The second-order valence-electron chi connectivity index (χ2n) is 5.85. The summed E-state index contributed by atoms with van der Waals surface area (Å²) < 4.78 is 4.98. The number of rotatable bonds is 6. The van der Waals surface area contributed by atoms with Crippen LogP contribution in [0.15, 0.2) is 42.5 Å². The van der Waals surface area contributed by atoms with Crippen molar-refractivity contribution >= 4 is 28.9 Å². The fourth-order valence-corrected chi connectivity index (χ4v) is 2.21. The molecule has 1 N–H and O–H groups in total. The minimum atomic E-state index is -0.658. The first kappa shape index (κ1) is 18.9. The van der Waals surface area contributed by atoms with Gasteiger partial charge in [0, 0.05) is 25.8 Å². The molecular formula is C18H19N3O5. The van der Waals surface area contributed by atoms with Crippen LogP contribution in [0.5, 0.6) is 0 Å². The standard InChI is InChI=1S/C18H19N3O5/c1-12-7-8-15(16(9-12)21(24)25)19-17(22)11-26-18(23)13-5-4-6-14(10-13)20(2)3/h4-10H,11H2,1-3H3,(H,19,22). The van der Waals surface area contributed by atoms with Gasteiger partial charge >= 0.3 is 5.97 Å². The Kier molecular flexibility index (Phi) is 5.90. The zero-order valence-electron chi connectivity index (χ0n) is 14.7. The van der Waals surface area contributed by atoms with Crippen molar-refractivity contribution < 1.29 is 19.2 Å². The van der Waals surface area contributed by atoms with Crippen LogP contribution in [0.25, 0.3) is 0 Å². The largest absolute Gasteiger partial charge is 0.452 e. The normalized spacial score (nSPS) is 10.1. The molecule has 2 aromatic carbocycles. The van der Waals surface area contributed by atoms with E-state index in [-0.39, 0.29) is 11.4 Å². The first-order chi connectivity index (χ1) is 12.3. The van der Waals surface area contributed by atoms with Crippen molar-refractivity contribution in [2.45, 2.75) is 6.92 Å². The third kappa shape index (κ3) is 4.79. The number of hydrogen-bond acceptors (Lipinski definition) is 6. The van der Waals surface area contributed by atoms with Crippen molar-refractivity contribution in [1.29, 1.82) is 0 Å². The summed E-state index contributed by atoms with van der Waals surface area (Å²) in [5.41, 5.74) is 1.66. The zero-order valence-corrected chi connectivity index (χ0v) is 14.7. The monoisotopic (exact) mass is 357 g/mol. The number of nitrogens with zero attached hydrogens (tertiary/aromatic N) is 2. The van der Waals surface area contributed by atoms with Gasteiger partial charge in [0.05, 0.1) is 10.5 Å². The number of aryl methyl sites for hydroxylation is 1. The molecule has 0 aliphatic heterocycles.